The number of methoxy groups -OCH3 is 1. The maximum Gasteiger partial charge on any atom is 0.265 e. The van der Waals surface area contributed by atoms with Gasteiger partial charge in [-0.15, -0.1) is 11.3 Å². The lowest BCUT2D eigenvalue weighted by Gasteiger charge is -2.16. The third kappa shape index (κ3) is 3.99. The molecular weight excluding hydrogens is 380 g/mol. The van der Waals surface area contributed by atoms with E-state index in [2.05, 4.69) is 9.71 Å². The molecule has 0 aliphatic carbocycles. The molecule has 0 saturated heterocycles. The summed E-state index contributed by atoms with van der Waals surface area (Å²) in [6, 6.07) is 8.99. The van der Waals surface area contributed by atoms with Gasteiger partial charge in [0.15, 0.2) is 0 Å². The molecule has 1 heterocycles. The van der Waals surface area contributed by atoms with Crippen molar-refractivity contribution in [2.75, 3.05) is 11.8 Å². The van der Waals surface area contributed by atoms with Gasteiger partial charge in [-0.25, -0.2) is 13.4 Å². The quantitative estimate of drug-likeness (QED) is 0.662. The van der Waals surface area contributed by atoms with Crippen molar-refractivity contribution in [3.63, 3.8) is 0 Å². The Morgan fingerprint density at radius 2 is 1.70 bits per heavy atom. The molecule has 3 rings (SSSR count). The Hall–Kier alpha value is -2.38. The number of sulfonamides is 1. The summed E-state index contributed by atoms with van der Waals surface area (Å²) in [6.07, 6.45) is 0. The molecule has 27 heavy (non-hydrogen) atoms. The van der Waals surface area contributed by atoms with Crippen molar-refractivity contribution in [3.05, 3.63) is 57.4 Å². The van der Waals surface area contributed by atoms with Gasteiger partial charge in [0.2, 0.25) is 0 Å². The number of aryl methyl sites for hydroxylation is 4. The molecule has 0 spiro atoms. The molecule has 0 atom stereocenters. The van der Waals surface area contributed by atoms with Gasteiger partial charge in [0.05, 0.1) is 23.5 Å². The van der Waals surface area contributed by atoms with E-state index in [0.29, 0.717) is 11.4 Å². The van der Waals surface area contributed by atoms with E-state index in [-0.39, 0.29) is 4.90 Å². The van der Waals surface area contributed by atoms with Crippen LogP contribution < -0.4 is 9.46 Å². The first-order chi connectivity index (χ1) is 12.7. The predicted molar refractivity (Wildman–Crippen MR) is 110 cm³/mol. The summed E-state index contributed by atoms with van der Waals surface area (Å²) >= 11 is 1.52. The number of nitrogens with zero attached hydrogens (tertiary/aromatic N) is 1. The first-order valence-electron chi connectivity index (χ1n) is 8.42. The molecule has 5 nitrogen and oxygen atoms in total. The molecule has 0 radical (unpaired) electrons. The minimum atomic E-state index is -3.84. The van der Waals surface area contributed by atoms with E-state index in [4.69, 9.17) is 4.74 Å². The predicted octanol–water partition coefficient (Wildman–Crippen LogP) is 4.85. The monoisotopic (exact) mass is 402 g/mol. The molecular formula is C20H22N2O3S2. The van der Waals surface area contributed by atoms with Crippen LogP contribution in [0, 0.1) is 27.7 Å². The average Bonchev–Trinajstić information content (AvgIpc) is 3.04. The SMILES string of the molecule is COc1ccc(-c2csc(C)n2)cc1S(=O)(=O)Nc1c(C)cc(C)cc1C. The number of ether oxygens (including phenoxy) is 1. The highest BCUT2D eigenvalue weighted by atomic mass is 32.2. The van der Waals surface area contributed by atoms with Crippen molar-refractivity contribution in [2.45, 2.75) is 32.6 Å². The Bertz CT molecular complexity index is 1080. The van der Waals surface area contributed by atoms with E-state index < -0.39 is 10.0 Å². The molecule has 1 aromatic heterocycles. The summed E-state index contributed by atoms with van der Waals surface area (Å²) < 4.78 is 34.3. The molecule has 142 valence electrons. The van der Waals surface area contributed by atoms with Crippen molar-refractivity contribution < 1.29 is 13.2 Å². The lowest BCUT2D eigenvalue weighted by Crippen LogP contribution is -2.16. The van der Waals surface area contributed by atoms with Crippen LogP contribution in [0.25, 0.3) is 11.3 Å². The zero-order valence-corrected chi connectivity index (χ0v) is 17.6. The van der Waals surface area contributed by atoms with E-state index in [1.807, 2.05) is 51.3 Å². The summed E-state index contributed by atoms with van der Waals surface area (Å²) in [5.41, 5.74) is 4.92. The standard InChI is InChI=1S/C20H22N2O3S2/c1-12-8-13(2)20(14(3)9-12)22-27(23,24)19-10-16(6-7-18(19)25-5)17-11-26-15(4)21-17/h6-11,22H,1-5H3. The van der Waals surface area contributed by atoms with Crippen LogP contribution >= 0.6 is 11.3 Å². The Morgan fingerprint density at radius 3 is 2.26 bits per heavy atom. The van der Waals surface area contributed by atoms with Crippen LogP contribution in [0.5, 0.6) is 5.75 Å². The van der Waals surface area contributed by atoms with E-state index >= 15 is 0 Å². The molecule has 7 heteroatoms. The Balaban J connectivity index is 2.08. The van der Waals surface area contributed by atoms with Crippen molar-refractivity contribution in [1.29, 1.82) is 0 Å². The molecule has 0 saturated carbocycles. The maximum absolute atomic E-state index is 13.2. The molecule has 0 aliphatic rings. The van der Waals surface area contributed by atoms with Gasteiger partial charge in [-0.2, -0.15) is 0 Å². The van der Waals surface area contributed by atoms with Crippen LogP contribution in [0.1, 0.15) is 21.7 Å². The highest BCUT2D eigenvalue weighted by Crippen LogP contribution is 2.33. The number of anilines is 1. The fourth-order valence-electron chi connectivity index (χ4n) is 3.07. The lowest BCUT2D eigenvalue weighted by atomic mass is 10.1. The number of aromatic nitrogens is 1. The first kappa shape index (κ1) is 19.4. The van der Waals surface area contributed by atoms with Crippen molar-refractivity contribution in [2.24, 2.45) is 0 Å². The maximum atomic E-state index is 13.2. The van der Waals surface area contributed by atoms with Crippen molar-refractivity contribution in [3.8, 4) is 17.0 Å². The largest absolute Gasteiger partial charge is 0.495 e. The van der Waals surface area contributed by atoms with Gasteiger partial charge in [0.1, 0.15) is 10.6 Å². The minimum absolute atomic E-state index is 0.0903. The summed E-state index contributed by atoms with van der Waals surface area (Å²) in [5, 5.41) is 2.84. The van der Waals surface area contributed by atoms with Gasteiger partial charge >= 0.3 is 0 Å². The van der Waals surface area contributed by atoms with Crippen LogP contribution in [-0.2, 0) is 10.0 Å². The fourth-order valence-corrected chi connectivity index (χ4v) is 5.09. The number of hydrogen-bond donors (Lipinski definition) is 1. The zero-order valence-electron chi connectivity index (χ0n) is 16.0. The lowest BCUT2D eigenvalue weighted by molar-refractivity contribution is 0.403. The van der Waals surface area contributed by atoms with Gasteiger partial charge in [-0.1, -0.05) is 17.7 Å². The van der Waals surface area contributed by atoms with Crippen LogP contribution in [0.2, 0.25) is 0 Å². The van der Waals surface area contributed by atoms with Gasteiger partial charge in [-0.3, -0.25) is 4.72 Å². The van der Waals surface area contributed by atoms with Gasteiger partial charge in [0, 0.05) is 10.9 Å². The van der Waals surface area contributed by atoms with Crippen molar-refractivity contribution >= 4 is 27.0 Å². The normalized spacial score (nSPS) is 11.4. The number of thiazole rings is 1. The highest BCUT2D eigenvalue weighted by molar-refractivity contribution is 7.92. The first-order valence-corrected chi connectivity index (χ1v) is 10.8. The Morgan fingerprint density at radius 1 is 1.04 bits per heavy atom. The van der Waals surface area contributed by atoms with E-state index in [9.17, 15) is 8.42 Å². The topological polar surface area (TPSA) is 68.3 Å². The van der Waals surface area contributed by atoms with Gasteiger partial charge in [0.25, 0.3) is 10.0 Å². The third-order valence-corrected chi connectivity index (χ3v) is 6.43. The summed E-state index contributed by atoms with van der Waals surface area (Å²) in [4.78, 5) is 4.53. The Labute approximate surface area is 164 Å². The average molecular weight is 403 g/mol. The minimum Gasteiger partial charge on any atom is -0.495 e. The smallest absolute Gasteiger partial charge is 0.265 e. The van der Waals surface area contributed by atoms with Gasteiger partial charge in [-0.05, 0) is 57.0 Å². The summed E-state index contributed by atoms with van der Waals surface area (Å²) in [6.45, 7) is 7.69. The summed E-state index contributed by atoms with van der Waals surface area (Å²) in [7, 11) is -2.38. The molecule has 0 amide bonds. The van der Waals surface area contributed by atoms with Gasteiger partial charge < -0.3 is 4.74 Å². The molecule has 0 aliphatic heterocycles. The molecule has 3 aromatic rings. The summed E-state index contributed by atoms with van der Waals surface area (Å²) in [5.74, 6) is 0.292. The van der Waals surface area contributed by atoms with Crippen molar-refractivity contribution in [1.82, 2.24) is 4.98 Å². The number of hydrogen-bond acceptors (Lipinski definition) is 5. The van der Waals surface area contributed by atoms with E-state index in [1.165, 1.54) is 18.4 Å². The van der Waals surface area contributed by atoms with Crippen LogP contribution in [0.4, 0.5) is 5.69 Å². The van der Waals surface area contributed by atoms with Crippen LogP contribution in [0.15, 0.2) is 40.6 Å². The zero-order chi connectivity index (χ0) is 19.8. The second-order valence-electron chi connectivity index (χ2n) is 6.50. The molecule has 0 unspecified atom stereocenters. The molecule has 0 bridgehead atoms. The van der Waals surface area contributed by atoms with Crippen LogP contribution in [-0.4, -0.2) is 20.5 Å². The molecule has 2 aromatic carbocycles. The van der Waals surface area contributed by atoms with Crippen LogP contribution in [0.3, 0.4) is 0 Å². The second kappa shape index (κ2) is 7.32. The fraction of sp³-hybridized carbons (Fsp3) is 0.250. The number of nitrogens with one attached hydrogen (secondary N) is 1. The molecule has 1 N–H and O–H groups in total. The number of rotatable bonds is 5. The highest BCUT2D eigenvalue weighted by Gasteiger charge is 2.22. The van der Waals surface area contributed by atoms with E-state index in [1.54, 1.807) is 12.1 Å². The third-order valence-electron chi connectivity index (χ3n) is 4.28. The Kier molecular flexibility index (Phi) is 5.26. The van der Waals surface area contributed by atoms with E-state index in [0.717, 1.165) is 33.0 Å². The number of benzene rings is 2. The molecule has 0 fully saturated rings. The second-order valence-corrected chi connectivity index (χ2v) is 9.21.